The highest BCUT2D eigenvalue weighted by atomic mass is 32.2. The van der Waals surface area contributed by atoms with E-state index in [-0.39, 0.29) is 40.4 Å². The van der Waals surface area contributed by atoms with E-state index in [0.29, 0.717) is 16.7 Å². The summed E-state index contributed by atoms with van der Waals surface area (Å²) in [5.74, 6) is -0.487. The zero-order valence-electron chi connectivity index (χ0n) is 27.4. The number of hydrogen-bond acceptors (Lipinski definition) is 9. The van der Waals surface area contributed by atoms with E-state index in [1.807, 2.05) is 41.3 Å². The molecular formula is C35H43N5O5S2. The number of nitriles is 1. The Morgan fingerprint density at radius 2 is 1.89 bits per heavy atom. The maximum atomic E-state index is 12.8. The van der Waals surface area contributed by atoms with Gasteiger partial charge in [-0.25, -0.2) is 13.9 Å². The second kappa shape index (κ2) is 16.7. The summed E-state index contributed by atoms with van der Waals surface area (Å²) >= 11 is 2.77. The average molecular weight is 678 g/mol. The first-order valence-corrected chi connectivity index (χ1v) is 17.6. The van der Waals surface area contributed by atoms with Crippen LogP contribution in [0.1, 0.15) is 74.2 Å². The molecule has 12 heteroatoms. The van der Waals surface area contributed by atoms with E-state index in [1.165, 1.54) is 0 Å². The van der Waals surface area contributed by atoms with Gasteiger partial charge in [-0.2, -0.15) is 5.26 Å². The van der Waals surface area contributed by atoms with Crippen molar-refractivity contribution in [2.75, 3.05) is 36.9 Å². The number of thiophene rings is 1. The second-order valence-corrected chi connectivity index (χ2v) is 14.1. The molecule has 2 aromatic carbocycles. The Bertz CT molecular complexity index is 1600. The predicted octanol–water partition coefficient (Wildman–Crippen LogP) is 7.72. The van der Waals surface area contributed by atoms with Crippen LogP contribution in [0.5, 0.6) is 5.75 Å². The fraction of sp³-hybridized carbons (Fsp3) is 0.429. The lowest BCUT2D eigenvalue weighted by Crippen LogP contribution is -2.49. The fourth-order valence-corrected chi connectivity index (χ4v) is 7.97. The van der Waals surface area contributed by atoms with E-state index >= 15 is 0 Å². The molecule has 0 aliphatic carbocycles. The Labute approximate surface area is 285 Å². The van der Waals surface area contributed by atoms with E-state index in [2.05, 4.69) is 60.8 Å². The molecule has 47 heavy (non-hydrogen) atoms. The third kappa shape index (κ3) is 9.28. The molecule has 1 saturated heterocycles. The molecule has 1 aliphatic heterocycles. The Morgan fingerprint density at radius 3 is 2.55 bits per heavy atom. The number of aldehydes is 1. The number of urea groups is 1. The molecule has 0 bridgehead atoms. The average Bonchev–Trinajstić information content (AvgIpc) is 3.42. The van der Waals surface area contributed by atoms with Crippen LogP contribution in [0.2, 0.25) is 0 Å². The van der Waals surface area contributed by atoms with E-state index in [0.717, 1.165) is 79.3 Å². The maximum absolute atomic E-state index is 12.8. The Kier molecular flexibility index (Phi) is 12.7. The first kappa shape index (κ1) is 35.8. The molecule has 0 saturated carbocycles. The lowest BCUT2D eigenvalue weighted by molar-refractivity contribution is -0.109. The smallest absolute Gasteiger partial charge is 0.349 e. The third-order valence-corrected chi connectivity index (χ3v) is 10.6. The number of benzene rings is 2. The van der Waals surface area contributed by atoms with E-state index in [4.69, 9.17) is 4.74 Å². The standard InChI is InChI=1S/C35H43N5O5S2/c1-5-14-39(15-6-2)34(44)38-26-11-7-9-24(19-26)23-46-40-16-13-28(21-35(40,3)4)37-27-12-8-10-25(20-27)31-29(22-36)30(45-18-17-41)32(47-31)33(42)43/h7-12,17,19-20,28,37H,5-6,13-16,18,21,23H2,1-4H3,(H,38,44)(H,42,43). The highest BCUT2D eigenvalue weighted by Crippen LogP contribution is 2.42. The van der Waals surface area contributed by atoms with Gasteiger partial charge in [0.05, 0.1) is 4.88 Å². The number of aromatic carboxylic acids is 1. The number of anilines is 2. The third-order valence-electron chi connectivity index (χ3n) is 7.90. The van der Waals surface area contributed by atoms with Gasteiger partial charge in [-0.3, -0.25) is 4.79 Å². The molecule has 2 amide bonds. The summed E-state index contributed by atoms with van der Waals surface area (Å²) in [4.78, 5) is 37.8. The van der Waals surface area contributed by atoms with Gasteiger partial charge in [0.1, 0.15) is 18.2 Å². The Morgan fingerprint density at radius 1 is 1.17 bits per heavy atom. The van der Waals surface area contributed by atoms with E-state index in [1.54, 1.807) is 11.9 Å². The maximum Gasteiger partial charge on any atom is 0.349 e. The molecule has 3 aromatic rings. The van der Waals surface area contributed by atoms with Gasteiger partial charge in [-0.15, -0.1) is 11.3 Å². The van der Waals surface area contributed by atoms with Gasteiger partial charge in [0.25, 0.3) is 0 Å². The number of carbonyl (C=O) groups excluding carboxylic acids is 2. The zero-order valence-corrected chi connectivity index (χ0v) is 29.0. The van der Waals surface area contributed by atoms with Crippen LogP contribution in [-0.2, 0) is 10.5 Å². The SMILES string of the molecule is CCCN(CCC)C(=O)Nc1cccc(CSN2CCC(Nc3cccc(-c4sc(C(=O)O)c(OCC=O)c4C#N)c3)CC2(C)C)c1. The van der Waals surface area contributed by atoms with Crippen molar-refractivity contribution in [2.45, 2.75) is 70.7 Å². The van der Waals surface area contributed by atoms with Crippen LogP contribution in [0.3, 0.4) is 0 Å². The summed E-state index contributed by atoms with van der Waals surface area (Å²) in [6.45, 7) is 10.7. The number of amides is 2. The summed E-state index contributed by atoms with van der Waals surface area (Å²) < 4.78 is 7.79. The first-order chi connectivity index (χ1) is 22.6. The second-order valence-electron chi connectivity index (χ2n) is 12.1. The van der Waals surface area contributed by atoms with Crippen molar-refractivity contribution in [2.24, 2.45) is 0 Å². The quantitative estimate of drug-likeness (QED) is 0.109. The van der Waals surface area contributed by atoms with Gasteiger partial charge in [0.15, 0.2) is 16.9 Å². The van der Waals surface area contributed by atoms with Crippen LogP contribution in [0.15, 0.2) is 48.5 Å². The van der Waals surface area contributed by atoms with Gasteiger partial charge in [0.2, 0.25) is 0 Å². The van der Waals surface area contributed by atoms with Crippen LogP contribution in [-0.4, -0.2) is 70.4 Å². The number of carboxylic acids is 1. The largest absolute Gasteiger partial charge is 0.483 e. The molecule has 0 radical (unpaired) electrons. The van der Waals surface area contributed by atoms with Crippen molar-refractivity contribution in [3.8, 4) is 22.3 Å². The Hall–Kier alpha value is -4.05. The summed E-state index contributed by atoms with van der Waals surface area (Å²) in [7, 11) is 0. The molecule has 2 heterocycles. The molecule has 1 fully saturated rings. The lowest BCUT2D eigenvalue weighted by Gasteiger charge is -2.45. The van der Waals surface area contributed by atoms with Crippen LogP contribution >= 0.6 is 23.3 Å². The molecule has 1 unspecified atom stereocenters. The number of ether oxygens (including phenoxy) is 1. The molecule has 1 aromatic heterocycles. The highest BCUT2D eigenvalue weighted by Gasteiger charge is 2.35. The van der Waals surface area contributed by atoms with Crippen LogP contribution in [0, 0.1) is 11.3 Å². The van der Waals surface area contributed by atoms with Crippen molar-refractivity contribution in [1.29, 1.82) is 5.26 Å². The molecule has 4 rings (SSSR count). The van der Waals surface area contributed by atoms with Gasteiger partial charge in [-0.05, 0) is 74.9 Å². The van der Waals surface area contributed by atoms with Crippen LogP contribution in [0.4, 0.5) is 16.2 Å². The van der Waals surface area contributed by atoms with Gasteiger partial charge in [0, 0.05) is 48.3 Å². The van der Waals surface area contributed by atoms with E-state index in [9.17, 15) is 24.8 Å². The number of carbonyl (C=O) groups is 3. The van der Waals surface area contributed by atoms with Crippen LogP contribution in [0.25, 0.3) is 10.4 Å². The minimum Gasteiger partial charge on any atom is -0.483 e. The Balaban J connectivity index is 1.38. The monoisotopic (exact) mass is 677 g/mol. The predicted molar refractivity (Wildman–Crippen MR) is 189 cm³/mol. The normalized spacial score (nSPS) is 15.8. The summed E-state index contributed by atoms with van der Waals surface area (Å²) in [6, 6.07) is 17.9. The minimum absolute atomic E-state index is 0.0565. The van der Waals surface area contributed by atoms with Crippen LogP contribution < -0.4 is 15.4 Å². The number of hydrogen-bond donors (Lipinski definition) is 3. The number of piperidine rings is 1. The number of rotatable bonds is 15. The summed E-state index contributed by atoms with van der Waals surface area (Å²) in [5.41, 5.74) is 3.56. The highest BCUT2D eigenvalue weighted by molar-refractivity contribution is 7.96. The molecular weight excluding hydrogens is 635 g/mol. The molecule has 1 aliphatic rings. The molecule has 10 nitrogen and oxygen atoms in total. The van der Waals surface area contributed by atoms with E-state index < -0.39 is 5.97 Å². The van der Waals surface area contributed by atoms with Gasteiger partial charge >= 0.3 is 12.0 Å². The molecule has 250 valence electrons. The molecule has 3 N–H and O–H groups in total. The van der Waals surface area contributed by atoms with Gasteiger partial charge in [-0.1, -0.05) is 50.1 Å². The van der Waals surface area contributed by atoms with Crippen molar-refractivity contribution < 1.29 is 24.2 Å². The summed E-state index contributed by atoms with van der Waals surface area (Å²) in [5, 5.41) is 26.3. The fourth-order valence-electron chi connectivity index (χ4n) is 5.80. The number of nitrogens with one attached hydrogen (secondary N) is 2. The number of nitrogens with zero attached hydrogens (tertiary/aromatic N) is 3. The minimum atomic E-state index is -1.21. The summed E-state index contributed by atoms with van der Waals surface area (Å²) in [6.07, 6.45) is 4.20. The first-order valence-electron chi connectivity index (χ1n) is 15.9. The lowest BCUT2D eigenvalue weighted by atomic mass is 9.89. The number of carboxylic acid groups (broad SMARTS) is 1. The molecule has 1 atom stereocenters. The topological polar surface area (TPSA) is 135 Å². The van der Waals surface area contributed by atoms with Crippen molar-refractivity contribution in [1.82, 2.24) is 9.21 Å². The van der Waals surface area contributed by atoms with Crippen molar-refractivity contribution in [3.63, 3.8) is 0 Å². The zero-order chi connectivity index (χ0) is 34.0. The molecule has 0 spiro atoms. The van der Waals surface area contributed by atoms with Crippen molar-refractivity contribution in [3.05, 3.63) is 64.5 Å². The van der Waals surface area contributed by atoms with Gasteiger partial charge < -0.3 is 25.4 Å². The van der Waals surface area contributed by atoms with Crippen molar-refractivity contribution >= 4 is 52.9 Å².